The molecule has 1 N–H and O–H groups in total. The Kier molecular flexibility index (Phi) is 6.49. The van der Waals surface area contributed by atoms with Crippen LogP contribution in [0.4, 0.5) is 5.69 Å². The molecule has 0 unspecified atom stereocenters. The normalized spacial score (nSPS) is 10.4. The lowest BCUT2D eigenvalue weighted by Gasteiger charge is -2.06. The first-order valence-corrected chi connectivity index (χ1v) is 7.44. The van der Waals surface area contributed by atoms with Gasteiger partial charge in [0.05, 0.1) is 25.4 Å². The average molecular weight is 359 g/mol. The molecule has 0 aliphatic heterocycles. The zero-order valence-electron chi connectivity index (χ0n) is 14.2. The number of para-hydroxylation sites is 2. The molecule has 9 nitrogen and oxygen atoms in total. The Labute approximate surface area is 149 Å². The zero-order chi connectivity index (χ0) is 18.9. The van der Waals surface area contributed by atoms with Gasteiger partial charge < -0.3 is 14.2 Å². The second-order valence-electron chi connectivity index (χ2n) is 4.95. The molecule has 0 aliphatic carbocycles. The molecule has 0 saturated heterocycles. The van der Waals surface area contributed by atoms with Gasteiger partial charge in [0.1, 0.15) is 11.5 Å². The Morgan fingerprint density at radius 2 is 1.85 bits per heavy atom. The van der Waals surface area contributed by atoms with Crippen LogP contribution in [0.1, 0.15) is 5.56 Å². The number of hydrogen-bond acceptors (Lipinski definition) is 7. The predicted octanol–water partition coefficient (Wildman–Crippen LogP) is 2.14. The van der Waals surface area contributed by atoms with Gasteiger partial charge in [-0.1, -0.05) is 12.1 Å². The summed E-state index contributed by atoms with van der Waals surface area (Å²) in [7, 11) is 3.05. The second kappa shape index (κ2) is 9.02. The number of nitro groups is 1. The number of nitrogens with zero attached hydrogens (tertiary/aromatic N) is 2. The fourth-order valence-electron chi connectivity index (χ4n) is 1.99. The van der Waals surface area contributed by atoms with Crippen LogP contribution in [0.3, 0.4) is 0 Å². The van der Waals surface area contributed by atoms with E-state index in [0.717, 1.165) is 0 Å². The first-order chi connectivity index (χ1) is 12.5. The van der Waals surface area contributed by atoms with Crippen molar-refractivity contribution in [2.24, 2.45) is 5.10 Å². The van der Waals surface area contributed by atoms with Crippen molar-refractivity contribution in [1.82, 2.24) is 5.43 Å². The van der Waals surface area contributed by atoms with E-state index >= 15 is 0 Å². The van der Waals surface area contributed by atoms with E-state index in [0.29, 0.717) is 17.1 Å². The van der Waals surface area contributed by atoms with Gasteiger partial charge >= 0.3 is 5.69 Å². The number of amides is 1. The van der Waals surface area contributed by atoms with Crippen molar-refractivity contribution in [1.29, 1.82) is 0 Å². The number of rotatable bonds is 8. The molecular formula is C17H17N3O6. The van der Waals surface area contributed by atoms with Crippen molar-refractivity contribution >= 4 is 17.8 Å². The lowest BCUT2D eigenvalue weighted by molar-refractivity contribution is -0.385. The summed E-state index contributed by atoms with van der Waals surface area (Å²) >= 11 is 0. The van der Waals surface area contributed by atoms with Crippen LogP contribution in [-0.2, 0) is 4.79 Å². The maximum Gasteiger partial charge on any atom is 0.310 e. The summed E-state index contributed by atoms with van der Waals surface area (Å²) in [5.74, 6) is 0.608. The third-order valence-electron chi connectivity index (χ3n) is 3.20. The maximum absolute atomic E-state index is 11.8. The molecule has 0 radical (unpaired) electrons. The highest BCUT2D eigenvalue weighted by atomic mass is 16.6. The summed E-state index contributed by atoms with van der Waals surface area (Å²) in [6, 6.07) is 10.9. The molecule has 26 heavy (non-hydrogen) atoms. The third kappa shape index (κ3) is 5.20. The molecule has 0 atom stereocenters. The Morgan fingerprint density at radius 1 is 1.19 bits per heavy atom. The number of benzene rings is 2. The number of carbonyl (C=O) groups is 1. The number of carbonyl (C=O) groups excluding carboxylic acids is 1. The zero-order valence-corrected chi connectivity index (χ0v) is 14.2. The van der Waals surface area contributed by atoms with E-state index in [1.54, 1.807) is 24.3 Å². The van der Waals surface area contributed by atoms with Gasteiger partial charge in [-0.25, -0.2) is 5.43 Å². The van der Waals surface area contributed by atoms with Gasteiger partial charge in [-0.3, -0.25) is 14.9 Å². The van der Waals surface area contributed by atoms with Crippen molar-refractivity contribution in [2.45, 2.75) is 0 Å². The van der Waals surface area contributed by atoms with Crippen LogP contribution in [-0.4, -0.2) is 37.9 Å². The molecule has 136 valence electrons. The Hall–Kier alpha value is -3.62. The van der Waals surface area contributed by atoms with Gasteiger partial charge in [-0.05, 0) is 18.2 Å². The van der Waals surface area contributed by atoms with Gasteiger partial charge in [-0.2, -0.15) is 5.10 Å². The summed E-state index contributed by atoms with van der Waals surface area (Å²) in [6.07, 6.45) is 1.41. The van der Waals surface area contributed by atoms with Crippen LogP contribution < -0.4 is 19.6 Å². The Balaban J connectivity index is 1.93. The van der Waals surface area contributed by atoms with Gasteiger partial charge in [0, 0.05) is 17.7 Å². The van der Waals surface area contributed by atoms with Crippen LogP contribution >= 0.6 is 0 Å². The molecule has 0 saturated carbocycles. The van der Waals surface area contributed by atoms with Crippen LogP contribution in [0.5, 0.6) is 17.2 Å². The predicted molar refractivity (Wildman–Crippen MR) is 93.9 cm³/mol. The van der Waals surface area contributed by atoms with Crippen molar-refractivity contribution in [3.05, 3.63) is 58.1 Å². The van der Waals surface area contributed by atoms with Crippen LogP contribution in [0.25, 0.3) is 0 Å². The maximum atomic E-state index is 11.8. The van der Waals surface area contributed by atoms with Gasteiger partial charge in [0.2, 0.25) is 0 Å². The third-order valence-corrected chi connectivity index (χ3v) is 3.20. The van der Waals surface area contributed by atoms with E-state index < -0.39 is 17.4 Å². The minimum Gasteiger partial charge on any atom is -0.497 e. The molecule has 2 aromatic carbocycles. The van der Waals surface area contributed by atoms with Crippen LogP contribution in [0.2, 0.25) is 0 Å². The van der Waals surface area contributed by atoms with Gasteiger partial charge in [0.25, 0.3) is 5.91 Å². The van der Waals surface area contributed by atoms with Crippen molar-refractivity contribution in [3.63, 3.8) is 0 Å². The summed E-state index contributed by atoms with van der Waals surface area (Å²) in [4.78, 5) is 22.1. The molecule has 0 fully saturated rings. The van der Waals surface area contributed by atoms with Crippen LogP contribution in [0, 0.1) is 10.1 Å². The van der Waals surface area contributed by atoms with E-state index in [-0.39, 0.29) is 11.4 Å². The monoisotopic (exact) mass is 359 g/mol. The first kappa shape index (κ1) is 18.7. The molecule has 0 heterocycles. The molecule has 0 aliphatic rings. The van der Waals surface area contributed by atoms with E-state index in [1.807, 2.05) is 0 Å². The minimum atomic E-state index is -0.582. The number of ether oxygens (including phenoxy) is 3. The molecule has 9 heteroatoms. The fourth-order valence-corrected chi connectivity index (χ4v) is 1.99. The molecule has 0 spiro atoms. The summed E-state index contributed by atoms with van der Waals surface area (Å²) in [6.45, 7) is -0.413. The molecule has 0 aromatic heterocycles. The lowest BCUT2D eigenvalue weighted by Crippen LogP contribution is -2.24. The average Bonchev–Trinajstić information content (AvgIpc) is 2.66. The Morgan fingerprint density at radius 3 is 2.46 bits per heavy atom. The SMILES string of the molecule is COc1cc(/C=N\NC(=O)COc2ccccc2[N+](=O)[O-])cc(OC)c1. The Bertz CT molecular complexity index is 800. The smallest absolute Gasteiger partial charge is 0.310 e. The number of methoxy groups -OCH3 is 2. The van der Waals surface area contributed by atoms with Crippen molar-refractivity contribution in [2.75, 3.05) is 20.8 Å². The minimum absolute atomic E-state index is 0.00848. The highest BCUT2D eigenvalue weighted by Crippen LogP contribution is 2.25. The topological polar surface area (TPSA) is 112 Å². The van der Waals surface area contributed by atoms with E-state index in [4.69, 9.17) is 14.2 Å². The van der Waals surface area contributed by atoms with E-state index in [1.165, 1.54) is 38.6 Å². The van der Waals surface area contributed by atoms with Crippen LogP contribution in [0.15, 0.2) is 47.6 Å². The van der Waals surface area contributed by atoms with E-state index in [2.05, 4.69) is 10.5 Å². The molecule has 2 rings (SSSR count). The highest BCUT2D eigenvalue weighted by Gasteiger charge is 2.14. The number of hydrogen-bond donors (Lipinski definition) is 1. The second-order valence-corrected chi connectivity index (χ2v) is 4.95. The van der Waals surface area contributed by atoms with Crippen molar-refractivity contribution < 1.29 is 23.9 Å². The largest absolute Gasteiger partial charge is 0.497 e. The molecule has 0 bridgehead atoms. The number of hydrazone groups is 1. The van der Waals surface area contributed by atoms with E-state index in [9.17, 15) is 14.9 Å². The number of nitro benzene ring substituents is 1. The van der Waals surface area contributed by atoms with Gasteiger partial charge in [-0.15, -0.1) is 0 Å². The van der Waals surface area contributed by atoms with Gasteiger partial charge in [0.15, 0.2) is 12.4 Å². The summed E-state index contributed by atoms with van der Waals surface area (Å²) in [5, 5.41) is 14.7. The standard InChI is InChI=1S/C17H17N3O6/c1-24-13-7-12(8-14(9-13)25-2)10-18-19-17(21)11-26-16-6-4-3-5-15(16)20(22)23/h3-10H,11H2,1-2H3,(H,19,21)/b18-10-. The highest BCUT2D eigenvalue weighted by molar-refractivity contribution is 5.83. The lowest BCUT2D eigenvalue weighted by atomic mass is 10.2. The fraction of sp³-hybridized carbons (Fsp3) is 0.176. The summed E-state index contributed by atoms with van der Waals surface area (Å²) < 4.78 is 15.4. The molecule has 2 aromatic rings. The first-order valence-electron chi connectivity index (χ1n) is 7.44. The molecule has 1 amide bonds. The summed E-state index contributed by atoms with van der Waals surface area (Å²) in [5.41, 5.74) is 2.72. The molecular weight excluding hydrogens is 342 g/mol. The quantitative estimate of drug-likeness (QED) is 0.439. The number of nitrogens with one attached hydrogen (secondary N) is 1. The van der Waals surface area contributed by atoms with Crippen molar-refractivity contribution in [3.8, 4) is 17.2 Å².